The molecule has 1 aliphatic rings. The molecule has 0 radical (unpaired) electrons. The molecular formula is C28H39N3O4. The lowest BCUT2D eigenvalue weighted by atomic mass is 9.78. The van der Waals surface area contributed by atoms with Gasteiger partial charge in [0.15, 0.2) is 12.4 Å². The van der Waals surface area contributed by atoms with E-state index in [-0.39, 0.29) is 23.2 Å². The largest absolute Gasteiger partial charge is 0.481 e. The molecule has 0 aliphatic carbocycles. The van der Waals surface area contributed by atoms with Gasteiger partial charge >= 0.3 is 5.97 Å². The molecule has 35 heavy (non-hydrogen) atoms. The van der Waals surface area contributed by atoms with Crippen LogP contribution in [0.5, 0.6) is 5.75 Å². The van der Waals surface area contributed by atoms with Crippen molar-refractivity contribution in [2.75, 3.05) is 51.3 Å². The summed E-state index contributed by atoms with van der Waals surface area (Å²) < 4.78 is 10.8. The van der Waals surface area contributed by atoms with Gasteiger partial charge in [-0.1, -0.05) is 41.5 Å². The van der Waals surface area contributed by atoms with Gasteiger partial charge in [-0.05, 0) is 35.1 Å². The number of aromatic nitrogens is 1. The second kappa shape index (κ2) is 10.8. The Morgan fingerprint density at radius 1 is 0.914 bits per heavy atom. The predicted molar refractivity (Wildman–Crippen MR) is 139 cm³/mol. The number of hydrogen-bond donors (Lipinski definition) is 0. The number of carbonyl (C=O) groups is 2. The number of rotatable bonds is 7. The number of pyridine rings is 1. The smallest absolute Gasteiger partial charge is 0.343 e. The lowest BCUT2D eigenvalue weighted by molar-refractivity contribution is -0.142. The maximum atomic E-state index is 13.5. The van der Waals surface area contributed by atoms with Crippen molar-refractivity contribution < 1.29 is 19.1 Å². The van der Waals surface area contributed by atoms with Crippen LogP contribution in [-0.2, 0) is 20.4 Å². The van der Waals surface area contributed by atoms with E-state index in [1.807, 2.05) is 36.7 Å². The molecule has 1 fully saturated rings. The summed E-state index contributed by atoms with van der Waals surface area (Å²) >= 11 is 0. The third-order valence-corrected chi connectivity index (χ3v) is 6.36. The predicted octanol–water partition coefficient (Wildman–Crippen LogP) is 4.23. The second-order valence-corrected chi connectivity index (χ2v) is 11.2. The van der Waals surface area contributed by atoms with Crippen LogP contribution in [0.4, 0.5) is 5.69 Å². The minimum atomic E-state index is -0.434. The first-order valence-electron chi connectivity index (χ1n) is 12.2. The van der Waals surface area contributed by atoms with Gasteiger partial charge < -0.3 is 14.4 Å². The summed E-state index contributed by atoms with van der Waals surface area (Å²) in [5.41, 5.74) is 3.12. The van der Waals surface area contributed by atoms with Crippen LogP contribution in [-0.4, -0.2) is 68.1 Å². The molecule has 190 valence electrons. The van der Waals surface area contributed by atoms with E-state index in [1.165, 1.54) is 7.11 Å². The number of ketones is 1. The van der Waals surface area contributed by atoms with E-state index < -0.39 is 5.97 Å². The second-order valence-electron chi connectivity index (χ2n) is 11.2. The fourth-order valence-corrected chi connectivity index (χ4v) is 4.26. The highest BCUT2D eigenvalue weighted by Crippen LogP contribution is 2.41. The fourth-order valence-electron chi connectivity index (χ4n) is 4.26. The minimum absolute atomic E-state index is 0.0953. The average molecular weight is 482 g/mol. The van der Waals surface area contributed by atoms with Crippen molar-refractivity contribution in [2.24, 2.45) is 0 Å². The summed E-state index contributed by atoms with van der Waals surface area (Å²) in [7, 11) is 1.35. The number of esters is 1. The van der Waals surface area contributed by atoms with Crippen molar-refractivity contribution in [3.8, 4) is 5.75 Å². The highest BCUT2D eigenvalue weighted by Gasteiger charge is 2.30. The van der Waals surface area contributed by atoms with Gasteiger partial charge in [-0.25, -0.2) is 4.79 Å². The lowest BCUT2D eigenvalue weighted by Crippen LogP contribution is -2.48. The van der Waals surface area contributed by atoms with Crippen LogP contribution in [0.15, 0.2) is 36.7 Å². The van der Waals surface area contributed by atoms with E-state index in [2.05, 4.69) is 56.3 Å². The number of hydrogen-bond acceptors (Lipinski definition) is 7. The SMILES string of the molecule is COC(=O)COc1c(C(C)(C)C)cc(C(=O)CN2CCN(c3ccncc3)CC2)cc1C(C)(C)C. The third-order valence-electron chi connectivity index (χ3n) is 6.36. The van der Waals surface area contributed by atoms with Gasteiger partial charge in [-0.3, -0.25) is 14.7 Å². The highest BCUT2D eigenvalue weighted by atomic mass is 16.6. The van der Waals surface area contributed by atoms with E-state index in [1.54, 1.807) is 0 Å². The molecule has 0 spiro atoms. The zero-order valence-corrected chi connectivity index (χ0v) is 22.2. The Kier molecular flexibility index (Phi) is 8.21. The van der Waals surface area contributed by atoms with Gasteiger partial charge in [0.2, 0.25) is 0 Å². The first-order chi connectivity index (χ1) is 16.4. The summed E-state index contributed by atoms with van der Waals surface area (Å²) in [5.74, 6) is 0.326. The van der Waals surface area contributed by atoms with Gasteiger partial charge in [0.05, 0.1) is 13.7 Å². The van der Waals surface area contributed by atoms with Crippen LogP contribution in [0, 0.1) is 0 Å². The number of ether oxygens (including phenoxy) is 2. The summed E-state index contributed by atoms with van der Waals surface area (Å²) in [6.07, 6.45) is 3.62. The first kappa shape index (κ1) is 26.7. The molecule has 0 bridgehead atoms. The van der Waals surface area contributed by atoms with E-state index >= 15 is 0 Å². The molecule has 2 heterocycles. The molecule has 0 N–H and O–H groups in total. The summed E-state index contributed by atoms with van der Waals surface area (Å²) in [4.78, 5) is 33.9. The third kappa shape index (κ3) is 6.82. The number of nitrogens with zero attached hydrogens (tertiary/aromatic N) is 3. The molecular weight excluding hydrogens is 442 g/mol. The quantitative estimate of drug-likeness (QED) is 0.433. The van der Waals surface area contributed by atoms with Gasteiger partial charge in [0, 0.05) is 61.0 Å². The Balaban J connectivity index is 1.83. The van der Waals surface area contributed by atoms with Crippen LogP contribution in [0.1, 0.15) is 63.0 Å². The Morgan fingerprint density at radius 3 is 1.94 bits per heavy atom. The number of piperazine rings is 1. The lowest BCUT2D eigenvalue weighted by Gasteiger charge is -2.36. The normalized spacial score (nSPS) is 15.1. The van der Waals surface area contributed by atoms with Crippen molar-refractivity contribution >= 4 is 17.4 Å². The number of methoxy groups -OCH3 is 1. The zero-order chi connectivity index (χ0) is 25.8. The highest BCUT2D eigenvalue weighted by molar-refractivity contribution is 5.98. The molecule has 2 aromatic rings. The molecule has 1 aromatic heterocycles. The monoisotopic (exact) mass is 481 g/mol. The number of carbonyl (C=O) groups excluding carboxylic acids is 2. The van der Waals surface area contributed by atoms with Crippen molar-refractivity contribution in [1.82, 2.24) is 9.88 Å². The number of Topliss-reactive ketones (excluding diaryl/α,β-unsaturated/α-hetero) is 1. The van der Waals surface area contributed by atoms with E-state index in [9.17, 15) is 9.59 Å². The van der Waals surface area contributed by atoms with Gasteiger partial charge in [-0.2, -0.15) is 0 Å². The Labute approximate surface area is 209 Å². The summed E-state index contributed by atoms with van der Waals surface area (Å²) in [5, 5.41) is 0. The molecule has 1 aromatic carbocycles. The molecule has 0 saturated carbocycles. The van der Waals surface area contributed by atoms with Gasteiger partial charge in [0.1, 0.15) is 5.75 Å². The number of benzene rings is 1. The zero-order valence-electron chi connectivity index (χ0n) is 22.2. The molecule has 1 aliphatic heterocycles. The van der Waals surface area contributed by atoms with Crippen molar-refractivity contribution in [1.29, 1.82) is 0 Å². The standard InChI is InChI=1S/C28H39N3O4/c1-27(2,3)22-16-20(17-23(28(4,5)6)26(22)35-19-25(33)34-7)24(32)18-30-12-14-31(15-13-30)21-8-10-29-11-9-21/h8-11,16-17H,12-15,18-19H2,1-7H3. The number of anilines is 1. The van der Waals surface area contributed by atoms with Crippen LogP contribution in [0.2, 0.25) is 0 Å². The van der Waals surface area contributed by atoms with Gasteiger partial charge in [0.25, 0.3) is 0 Å². The van der Waals surface area contributed by atoms with E-state index in [0.29, 0.717) is 17.9 Å². The van der Waals surface area contributed by atoms with Crippen LogP contribution >= 0.6 is 0 Å². The summed E-state index contributed by atoms with van der Waals surface area (Å²) in [6.45, 7) is 16.1. The fraction of sp³-hybridized carbons (Fsp3) is 0.536. The van der Waals surface area contributed by atoms with Crippen LogP contribution < -0.4 is 9.64 Å². The molecule has 7 heteroatoms. The molecule has 0 atom stereocenters. The molecule has 0 amide bonds. The average Bonchev–Trinajstić information content (AvgIpc) is 2.81. The van der Waals surface area contributed by atoms with Crippen LogP contribution in [0.3, 0.4) is 0 Å². The molecule has 3 rings (SSSR count). The summed E-state index contributed by atoms with van der Waals surface area (Å²) in [6, 6.07) is 7.92. The topological polar surface area (TPSA) is 72.0 Å². The van der Waals surface area contributed by atoms with Crippen molar-refractivity contribution in [3.63, 3.8) is 0 Å². The maximum absolute atomic E-state index is 13.5. The molecule has 7 nitrogen and oxygen atoms in total. The van der Waals surface area contributed by atoms with Crippen molar-refractivity contribution in [3.05, 3.63) is 53.3 Å². The molecule has 1 saturated heterocycles. The van der Waals surface area contributed by atoms with Crippen molar-refractivity contribution in [2.45, 2.75) is 52.4 Å². The van der Waals surface area contributed by atoms with E-state index in [0.717, 1.165) is 43.0 Å². The Hall–Kier alpha value is -2.93. The maximum Gasteiger partial charge on any atom is 0.343 e. The van der Waals surface area contributed by atoms with Crippen LogP contribution in [0.25, 0.3) is 0 Å². The Morgan fingerprint density at radius 2 is 1.46 bits per heavy atom. The first-order valence-corrected chi connectivity index (χ1v) is 12.2. The molecule has 0 unspecified atom stereocenters. The Bertz CT molecular complexity index is 995. The van der Waals surface area contributed by atoms with Gasteiger partial charge in [-0.15, -0.1) is 0 Å². The minimum Gasteiger partial charge on any atom is -0.481 e. The van der Waals surface area contributed by atoms with E-state index in [4.69, 9.17) is 9.47 Å².